The van der Waals surface area contributed by atoms with Crippen LogP contribution >= 0.6 is 0 Å². The van der Waals surface area contributed by atoms with Gasteiger partial charge in [-0.15, -0.1) is 0 Å². The molecule has 2 rings (SSSR count). The lowest BCUT2D eigenvalue weighted by molar-refractivity contribution is -0.135. The van der Waals surface area contributed by atoms with Crippen LogP contribution in [0.15, 0.2) is 24.3 Å². The van der Waals surface area contributed by atoms with Gasteiger partial charge in [-0.2, -0.15) is 5.26 Å². The maximum absolute atomic E-state index is 12.3. The number of carbonyl (C=O) groups excluding carboxylic acids is 2. The fourth-order valence-electron chi connectivity index (χ4n) is 2.89. The van der Waals surface area contributed by atoms with Crippen LogP contribution in [-0.4, -0.2) is 81.2 Å². The Morgan fingerprint density at radius 1 is 1.18 bits per heavy atom. The molecule has 152 valence electrons. The second-order valence-electron chi connectivity index (χ2n) is 6.62. The van der Waals surface area contributed by atoms with Crippen LogP contribution in [0.2, 0.25) is 0 Å². The van der Waals surface area contributed by atoms with E-state index in [1.54, 1.807) is 24.1 Å². The second-order valence-corrected chi connectivity index (χ2v) is 6.62. The number of amides is 2. The molecule has 0 bridgehead atoms. The van der Waals surface area contributed by atoms with E-state index in [2.05, 4.69) is 11.4 Å². The molecule has 1 heterocycles. The molecule has 2 amide bonds. The van der Waals surface area contributed by atoms with Gasteiger partial charge < -0.3 is 19.7 Å². The fourth-order valence-corrected chi connectivity index (χ4v) is 2.89. The zero-order chi connectivity index (χ0) is 20.2. The number of nitrogens with zero attached hydrogens (tertiary/aromatic N) is 3. The zero-order valence-electron chi connectivity index (χ0n) is 16.4. The highest BCUT2D eigenvalue weighted by molar-refractivity contribution is 5.79. The molecular weight excluding hydrogens is 360 g/mol. The monoisotopic (exact) mass is 388 g/mol. The van der Waals surface area contributed by atoms with Gasteiger partial charge in [-0.3, -0.25) is 14.5 Å². The molecule has 1 N–H and O–H groups in total. The third-order valence-electron chi connectivity index (χ3n) is 4.51. The van der Waals surface area contributed by atoms with Crippen LogP contribution in [-0.2, 0) is 20.7 Å². The number of methoxy groups -OCH3 is 1. The molecule has 1 saturated heterocycles. The minimum Gasteiger partial charge on any atom is -0.484 e. The second kappa shape index (κ2) is 12.0. The van der Waals surface area contributed by atoms with Crippen LogP contribution in [0.4, 0.5) is 0 Å². The summed E-state index contributed by atoms with van der Waals surface area (Å²) in [6.07, 6.45) is 1.15. The molecule has 8 nitrogen and oxygen atoms in total. The van der Waals surface area contributed by atoms with Crippen molar-refractivity contribution in [2.45, 2.75) is 12.8 Å². The molecule has 0 radical (unpaired) electrons. The van der Waals surface area contributed by atoms with Crippen molar-refractivity contribution in [2.24, 2.45) is 0 Å². The van der Waals surface area contributed by atoms with Crippen molar-refractivity contribution in [1.29, 1.82) is 5.26 Å². The van der Waals surface area contributed by atoms with E-state index in [0.29, 0.717) is 58.0 Å². The molecule has 0 spiro atoms. The number of benzene rings is 1. The van der Waals surface area contributed by atoms with Crippen molar-refractivity contribution in [3.63, 3.8) is 0 Å². The molecule has 1 aliphatic heterocycles. The Labute approximate surface area is 166 Å². The smallest absolute Gasteiger partial charge is 0.260 e. The maximum atomic E-state index is 12.3. The van der Waals surface area contributed by atoms with Crippen molar-refractivity contribution in [3.05, 3.63) is 29.8 Å². The van der Waals surface area contributed by atoms with Crippen LogP contribution in [0.25, 0.3) is 0 Å². The predicted octanol–water partition coefficient (Wildman–Crippen LogP) is 0.428. The molecule has 0 aliphatic carbocycles. The molecule has 0 unspecified atom stereocenters. The summed E-state index contributed by atoms with van der Waals surface area (Å²) in [5.41, 5.74) is 0.917. The molecule has 1 aliphatic rings. The summed E-state index contributed by atoms with van der Waals surface area (Å²) in [6, 6.07) is 9.27. The molecule has 0 atom stereocenters. The Balaban J connectivity index is 1.64. The Bertz CT molecular complexity index is 664. The minimum atomic E-state index is -0.0650. The lowest BCUT2D eigenvalue weighted by Gasteiger charge is -2.34. The SMILES string of the molecule is COCCCNC(=O)CN1CCN(C(=O)COc2ccc(CC#N)cc2)CC1. The van der Waals surface area contributed by atoms with Gasteiger partial charge >= 0.3 is 0 Å². The highest BCUT2D eigenvalue weighted by Crippen LogP contribution is 2.13. The van der Waals surface area contributed by atoms with Crippen LogP contribution < -0.4 is 10.1 Å². The van der Waals surface area contributed by atoms with Gasteiger partial charge in [-0.1, -0.05) is 12.1 Å². The van der Waals surface area contributed by atoms with E-state index in [9.17, 15) is 9.59 Å². The lowest BCUT2D eigenvalue weighted by Crippen LogP contribution is -2.52. The van der Waals surface area contributed by atoms with Gasteiger partial charge in [0.15, 0.2) is 6.61 Å². The minimum absolute atomic E-state index is 0.000872. The van der Waals surface area contributed by atoms with E-state index in [0.717, 1.165) is 12.0 Å². The average molecular weight is 388 g/mol. The van der Waals surface area contributed by atoms with E-state index < -0.39 is 0 Å². The maximum Gasteiger partial charge on any atom is 0.260 e. The highest BCUT2D eigenvalue weighted by Gasteiger charge is 2.22. The molecule has 0 aromatic heterocycles. The molecule has 1 aromatic rings. The van der Waals surface area contributed by atoms with E-state index in [1.165, 1.54) is 0 Å². The summed E-state index contributed by atoms with van der Waals surface area (Å²) >= 11 is 0. The molecule has 28 heavy (non-hydrogen) atoms. The molecule has 1 aromatic carbocycles. The Kier molecular flexibility index (Phi) is 9.25. The van der Waals surface area contributed by atoms with Gasteiger partial charge in [0.2, 0.25) is 5.91 Å². The van der Waals surface area contributed by atoms with Crippen molar-refractivity contribution >= 4 is 11.8 Å². The van der Waals surface area contributed by atoms with Crippen LogP contribution in [0, 0.1) is 11.3 Å². The first-order valence-corrected chi connectivity index (χ1v) is 9.47. The largest absolute Gasteiger partial charge is 0.484 e. The number of hydrogen-bond donors (Lipinski definition) is 1. The third-order valence-corrected chi connectivity index (χ3v) is 4.51. The lowest BCUT2D eigenvalue weighted by atomic mass is 10.2. The topological polar surface area (TPSA) is 94.9 Å². The number of piperazine rings is 1. The predicted molar refractivity (Wildman–Crippen MR) is 104 cm³/mol. The van der Waals surface area contributed by atoms with Gasteiger partial charge in [-0.05, 0) is 24.1 Å². The van der Waals surface area contributed by atoms with Crippen molar-refractivity contribution in [3.8, 4) is 11.8 Å². The number of ether oxygens (including phenoxy) is 2. The summed E-state index contributed by atoms with van der Waals surface area (Å²) in [6.45, 7) is 4.08. The van der Waals surface area contributed by atoms with Gasteiger partial charge in [-0.25, -0.2) is 0 Å². The Morgan fingerprint density at radius 2 is 1.89 bits per heavy atom. The fraction of sp³-hybridized carbons (Fsp3) is 0.550. The van der Waals surface area contributed by atoms with Crippen LogP contribution in [0.5, 0.6) is 5.75 Å². The normalized spacial score (nSPS) is 14.4. The van der Waals surface area contributed by atoms with Crippen LogP contribution in [0.1, 0.15) is 12.0 Å². The van der Waals surface area contributed by atoms with E-state index >= 15 is 0 Å². The number of hydrogen-bond acceptors (Lipinski definition) is 6. The van der Waals surface area contributed by atoms with E-state index in [1.807, 2.05) is 17.0 Å². The summed E-state index contributed by atoms with van der Waals surface area (Å²) in [7, 11) is 1.64. The molecule has 0 saturated carbocycles. The highest BCUT2D eigenvalue weighted by atomic mass is 16.5. The number of rotatable bonds is 10. The first-order valence-electron chi connectivity index (χ1n) is 9.47. The van der Waals surface area contributed by atoms with Gasteiger partial charge in [0.05, 0.1) is 19.0 Å². The quantitative estimate of drug-likeness (QED) is 0.584. The first kappa shape index (κ1) is 21.7. The number of nitrogens with one attached hydrogen (secondary N) is 1. The standard InChI is InChI=1S/C20H28N4O4/c1-27-14-2-9-22-19(25)15-23-10-12-24(13-11-23)20(26)16-28-18-5-3-17(4-6-18)7-8-21/h3-6H,2,7,9-16H2,1H3,(H,22,25). The Hall–Kier alpha value is -2.63. The van der Waals surface area contributed by atoms with E-state index in [4.69, 9.17) is 14.7 Å². The van der Waals surface area contributed by atoms with Crippen molar-refractivity contribution in [1.82, 2.24) is 15.1 Å². The molecule has 1 fully saturated rings. The van der Waals surface area contributed by atoms with Crippen molar-refractivity contribution in [2.75, 3.05) is 59.6 Å². The first-order chi connectivity index (χ1) is 13.6. The molecular formula is C20H28N4O4. The summed E-state index contributed by atoms with van der Waals surface area (Å²) in [5, 5.41) is 11.5. The average Bonchev–Trinajstić information content (AvgIpc) is 2.71. The zero-order valence-corrected chi connectivity index (χ0v) is 16.4. The molecule has 8 heteroatoms. The van der Waals surface area contributed by atoms with Gasteiger partial charge in [0, 0.05) is 46.4 Å². The van der Waals surface area contributed by atoms with Gasteiger partial charge in [0.1, 0.15) is 5.75 Å². The summed E-state index contributed by atoms with van der Waals surface area (Å²) in [4.78, 5) is 28.0. The van der Waals surface area contributed by atoms with Crippen molar-refractivity contribution < 1.29 is 19.1 Å². The summed E-state index contributed by atoms with van der Waals surface area (Å²) in [5.74, 6) is 0.544. The summed E-state index contributed by atoms with van der Waals surface area (Å²) < 4.78 is 10.5. The third kappa shape index (κ3) is 7.55. The van der Waals surface area contributed by atoms with Gasteiger partial charge in [0.25, 0.3) is 5.91 Å². The number of nitriles is 1. The number of carbonyl (C=O) groups is 2. The Morgan fingerprint density at radius 3 is 2.54 bits per heavy atom. The van der Waals surface area contributed by atoms with Crippen LogP contribution in [0.3, 0.4) is 0 Å². The van der Waals surface area contributed by atoms with E-state index in [-0.39, 0.29) is 18.4 Å².